The Kier molecular flexibility index (Phi) is 6.23. The number of nitrogens with zero attached hydrogens (tertiary/aromatic N) is 1. The van der Waals surface area contributed by atoms with E-state index < -0.39 is 16.0 Å². The molecule has 0 bridgehead atoms. The lowest BCUT2D eigenvalue weighted by Crippen LogP contribution is -2.35. The van der Waals surface area contributed by atoms with E-state index in [2.05, 4.69) is 6.58 Å². The molecule has 7 heteroatoms. The Bertz CT molecular complexity index is 597. The minimum absolute atomic E-state index is 0.193. The van der Waals surface area contributed by atoms with Crippen molar-refractivity contribution in [1.29, 1.82) is 0 Å². The maximum absolute atomic E-state index is 11.9. The van der Waals surface area contributed by atoms with Gasteiger partial charge in [-0.2, -0.15) is 0 Å². The highest BCUT2D eigenvalue weighted by molar-refractivity contribution is 7.92. The molecule has 6 nitrogen and oxygen atoms in total. The fraction of sp³-hybridized carbons (Fsp3) is 0.357. The second-order valence-corrected chi connectivity index (χ2v) is 6.08. The summed E-state index contributed by atoms with van der Waals surface area (Å²) < 4.78 is 34.8. The number of carbonyl (C=O) groups excluding carboxylic acids is 1. The molecule has 1 aromatic rings. The molecule has 0 spiro atoms. The van der Waals surface area contributed by atoms with E-state index in [1.54, 1.807) is 37.3 Å². The summed E-state index contributed by atoms with van der Waals surface area (Å²) in [6.45, 7) is 5.32. The zero-order valence-electron chi connectivity index (χ0n) is 12.1. The second kappa shape index (κ2) is 7.68. The van der Waals surface area contributed by atoms with E-state index in [0.29, 0.717) is 18.0 Å². The predicted octanol–water partition coefficient (Wildman–Crippen LogP) is 1.58. The van der Waals surface area contributed by atoms with Gasteiger partial charge >= 0.3 is 5.97 Å². The summed E-state index contributed by atoms with van der Waals surface area (Å²) in [4.78, 5) is 11.6. The third-order valence-electron chi connectivity index (χ3n) is 2.45. The van der Waals surface area contributed by atoms with Crippen LogP contribution in [0.4, 0.5) is 5.69 Å². The van der Waals surface area contributed by atoms with Crippen LogP contribution in [0.1, 0.15) is 6.92 Å². The average molecular weight is 313 g/mol. The zero-order chi connectivity index (χ0) is 15.9. The molecular formula is C14H19NO5S. The standard InChI is InChI=1S/C14H19NO5S/c1-4-9-20-13-8-6-7-12(10-13)15(21(3,17)18)11-14(16)19-5-2/h4,6-8,10H,1,5,9,11H2,2-3H3. The maximum Gasteiger partial charge on any atom is 0.326 e. The van der Waals surface area contributed by atoms with Crippen molar-refractivity contribution in [2.24, 2.45) is 0 Å². The van der Waals surface area contributed by atoms with Crippen molar-refractivity contribution in [2.75, 3.05) is 30.3 Å². The zero-order valence-corrected chi connectivity index (χ0v) is 12.9. The number of hydrogen-bond donors (Lipinski definition) is 0. The Hall–Kier alpha value is -2.02. The fourth-order valence-corrected chi connectivity index (χ4v) is 2.44. The Morgan fingerprint density at radius 2 is 2.14 bits per heavy atom. The van der Waals surface area contributed by atoms with Crippen molar-refractivity contribution in [3.8, 4) is 5.75 Å². The SMILES string of the molecule is C=CCOc1cccc(N(CC(=O)OCC)S(C)(=O)=O)c1. The maximum atomic E-state index is 11.9. The first kappa shape index (κ1) is 17.0. The number of esters is 1. The highest BCUT2D eigenvalue weighted by Crippen LogP contribution is 2.23. The first-order valence-corrected chi connectivity index (χ1v) is 8.20. The quantitative estimate of drug-likeness (QED) is 0.538. The van der Waals surface area contributed by atoms with E-state index in [4.69, 9.17) is 9.47 Å². The lowest BCUT2D eigenvalue weighted by Gasteiger charge is -2.21. The monoisotopic (exact) mass is 313 g/mol. The molecule has 0 N–H and O–H groups in total. The van der Waals surface area contributed by atoms with Gasteiger partial charge in [-0.25, -0.2) is 8.42 Å². The molecule has 0 atom stereocenters. The summed E-state index contributed by atoms with van der Waals surface area (Å²) in [6.07, 6.45) is 2.61. The normalized spacial score (nSPS) is 10.8. The molecule has 1 aromatic carbocycles. The van der Waals surface area contributed by atoms with Crippen molar-refractivity contribution in [3.05, 3.63) is 36.9 Å². The van der Waals surface area contributed by atoms with E-state index in [9.17, 15) is 13.2 Å². The molecule has 0 saturated carbocycles. The van der Waals surface area contributed by atoms with Gasteiger partial charge in [0.15, 0.2) is 0 Å². The van der Waals surface area contributed by atoms with Gasteiger partial charge in [0, 0.05) is 6.07 Å². The molecule has 0 aliphatic rings. The molecule has 0 amide bonds. The fourth-order valence-electron chi connectivity index (χ4n) is 1.61. The summed E-state index contributed by atoms with van der Waals surface area (Å²) in [5.41, 5.74) is 0.340. The number of ether oxygens (including phenoxy) is 2. The van der Waals surface area contributed by atoms with Gasteiger partial charge in [0.05, 0.1) is 18.6 Å². The summed E-state index contributed by atoms with van der Waals surface area (Å²) in [6, 6.07) is 6.47. The lowest BCUT2D eigenvalue weighted by atomic mass is 10.3. The summed E-state index contributed by atoms with van der Waals surface area (Å²) >= 11 is 0. The molecule has 0 unspecified atom stereocenters. The molecule has 0 aliphatic heterocycles. The number of rotatable bonds is 8. The highest BCUT2D eigenvalue weighted by atomic mass is 32.2. The Labute approximate surface area is 125 Å². The van der Waals surface area contributed by atoms with Gasteiger partial charge in [-0.1, -0.05) is 18.7 Å². The van der Waals surface area contributed by atoms with Gasteiger partial charge in [-0.3, -0.25) is 9.10 Å². The molecule has 0 heterocycles. The van der Waals surface area contributed by atoms with Crippen LogP contribution < -0.4 is 9.04 Å². The number of anilines is 1. The largest absolute Gasteiger partial charge is 0.489 e. The first-order valence-electron chi connectivity index (χ1n) is 6.35. The molecule has 0 fully saturated rings. The summed E-state index contributed by atoms with van der Waals surface area (Å²) in [5, 5.41) is 0. The average Bonchev–Trinajstić information content (AvgIpc) is 2.42. The van der Waals surface area contributed by atoms with Gasteiger partial charge in [0.2, 0.25) is 10.0 Å². The van der Waals surface area contributed by atoms with Crippen LogP contribution in [0.15, 0.2) is 36.9 Å². The predicted molar refractivity (Wildman–Crippen MR) is 81.0 cm³/mol. The van der Waals surface area contributed by atoms with Crippen molar-refractivity contribution in [1.82, 2.24) is 0 Å². The summed E-state index contributed by atoms with van der Waals surface area (Å²) in [7, 11) is -3.61. The van der Waals surface area contributed by atoms with Crippen LogP contribution in [0.2, 0.25) is 0 Å². The van der Waals surface area contributed by atoms with Gasteiger partial charge in [0.25, 0.3) is 0 Å². The topological polar surface area (TPSA) is 72.9 Å². The smallest absolute Gasteiger partial charge is 0.326 e. The van der Waals surface area contributed by atoms with Crippen LogP contribution in [-0.2, 0) is 19.6 Å². The molecule has 116 valence electrons. The second-order valence-electron chi connectivity index (χ2n) is 4.17. The summed E-state index contributed by atoms with van der Waals surface area (Å²) in [5.74, 6) is -0.120. The van der Waals surface area contributed by atoms with Gasteiger partial charge in [-0.05, 0) is 19.1 Å². The van der Waals surface area contributed by atoms with Crippen molar-refractivity contribution >= 4 is 21.7 Å². The minimum atomic E-state index is -3.61. The van der Waals surface area contributed by atoms with Gasteiger partial charge in [-0.15, -0.1) is 0 Å². The molecule has 0 saturated heterocycles. The third-order valence-corrected chi connectivity index (χ3v) is 3.59. The van der Waals surface area contributed by atoms with Crippen LogP contribution in [0.5, 0.6) is 5.75 Å². The van der Waals surface area contributed by atoms with E-state index in [1.165, 1.54) is 0 Å². The molecule has 1 rings (SSSR count). The molecule has 21 heavy (non-hydrogen) atoms. The number of hydrogen-bond acceptors (Lipinski definition) is 5. The molecule has 0 radical (unpaired) electrons. The van der Waals surface area contributed by atoms with Crippen LogP contribution in [0.3, 0.4) is 0 Å². The molecule has 0 aliphatic carbocycles. The minimum Gasteiger partial charge on any atom is -0.489 e. The number of carbonyl (C=O) groups is 1. The van der Waals surface area contributed by atoms with Crippen LogP contribution in [0.25, 0.3) is 0 Å². The molecular weight excluding hydrogens is 294 g/mol. The van der Waals surface area contributed by atoms with Gasteiger partial charge in [0.1, 0.15) is 18.9 Å². The van der Waals surface area contributed by atoms with Crippen molar-refractivity contribution in [2.45, 2.75) is 6.92 Å². The number of benzene rings is 1. The Morgan fingerprint density at radius 1 is 1.43 bits per heavy atom. The van der Waals surface area contributed by atoms with E-state index in [0.717, 1.165) is 10.6 Å². The van der Waals surface area contributed by atoms with E-state index in [1.807, 2.05) is 0 Å². The number of sulfonamides is 1. The molecule has 0 aromatic heterocycles. The van der Waals surface area contributed by atoms with Crippen molar-refractivity contribution < 1.29 is 22.7 Å². The third kappa shape index (κ3) is 5.47. The Morgan fingerprint density at radius 3 is 2.71 bits per heavy atom. The van der Waals surface area contributed by atoms with E-state index in [-0.39, 0.29) is 13.2 Å². The van der Waals surface area contributed by atoms with Crippen LogP contribution >= 0.6 is 0 Å². The van der Waals surface area contributed by atoms with Crippen LogP contribution in [0, 0.1) is 0 Å². The first-order chi connectivity index (χ1) is 9.88. The van der Waals surface area contributed by atoms with E-state index >= 15 is 0 Å². The van der Waals surface area contributed by atoms with Gasteiger partial charge < -0.3 is 9.47 Å². The highest BCUT2D eigenvalue weighted by Gasteiger charge is 2.21. The Balaban J connectivity index is 3.03. The lowest BCUT2D eigenvalue weighted by molar-refractivity contribution is -0.141. The van der Waals surface area contributed by atoms with Crippen LogP contribution in [-0.4, -0.2) is 40.4 Å². The van der Waals surface area contributed by atoms with Crippen molar-refractivity contribution in [3.63, 3.8) is 0 Å².